The van der Waals surface area contributed by atoms with Crippen molar-refractivity contribution < 1.29 is 19.3 Å². The minimum absolute atomic E-state index is 0.867. The van der Waals surface area contributed by atoms with Crippen LogP contribution in [0.4, 0.5) is 11.4 Å². The van der Waals surface area contributed by atoms with Gasteiger partial charge in [0.1, 0.15) is 0 Å². The van der Waals surface area contributed by atoms with Gasteiger partial charge in [-0.15, -0.1) is 0 Å². The Morgan fingerprint density at radius 3 is 1.01 bits per heavy atom. The van der Waals surface area contributed by atoms with Gasteiger partial charge in [0.15, 0.2) is 0 Å². The first-order valence-electron chi connectivity index (χ1n) is 33.8. The van der Waals surface area contributed by atoms with Crippen molar-refractivity contribution in [1.82, 2.24) is 0 Å². The van der Waals surface area contributed by atoms with Gasteiger partial charge in [0.2, 0.25) is 0 Å². The molecule has 0 aromatic heterocycles. The number of hydrogen-bond donors (Lipinski definition) is 0. The van der Waals surface area contributed by atoms with Crippen molar-refractivity contribution in [3.8, 4) is 11.8 Å². The molecule has 0 N–H and O–H groups in total. The predicted octanol–water partition coefficient (Wildman–Crippen LogP) is 24.4. The van der Waals surface area contributed by atoms with E-state index in [1.807, 2.05) is 3.66 Å². The van der Waals surface area contributed by atoms with E-state index in [2.05, 4.69) is 102 Å². The quantitative estimate of drug-likeness (QED) is 0.0272. The van der Waals surface area contributed by atoms with Crippen LogP contribution in [-0.4, -0.2) is 15.1 Å². The molecule has 2 aromatic rings. The molecule has 2 nitrogen and oxygen atoms in total. The zero-order chi connectivity index (χ0) is 54.6. The SMILES string of the molecule is CCCCCCCCCCCCCCCCCCCCC=CC(=Nc1cc(CCC)cc(CCC)c1)C(C#CCCCCCCCCCCCCCCCCCCCCCCC)=[N+]([Ni])c1cc(CCC)cc(CCC)c1. The summed E-state index contributed by atoms with van der Waals surface area (Å²) in [6.07, 6.45) is 70.1. The fraction of sp³-hybridized carbons (Fsp3) is 0.753. The molecule has 0 saturated carbocycles. The Balaban J connectivity index is 2.04. The van der Waals surface area contributed by atoms with Crippen LogP contribution in [0.3, 0.4) is 0 Å². The Kier molecular flexibility index (Phi) is 47.7. The molecule has 435 valence electrons. The fourth-order valence-corrected chi connectivity index (χ4v) is 11.5. The average Bonchev–Trinajstić information content (AvgIpc) is 3.42. The molecule has 2 rings (SSSR count). The van der Waals surface area contributed by atoms with Crippen LogP contribution < -0.4 is 0 Å². The van der Waals surface area contributed by atoms with E-state index >= 15 is 0 Å². The first-order valence-corrected chi connectivity index (χ1v) is 34.2. The summed E-state index contributed by atoms with van der Waals surface area (Å²) in [6, 6.07) is 14.1. The average molecular weight is 1090 g/mol. The van der Waals surface area contributed by atoms with Gasteiger partial charge < -0.3 is 0 Å². The molecule has 0 aliphatic rings. The van der Waals surface area contributed by atoms with Crippen LogP contribution in [0.25, 0.3) is 0 Å². The summed E-state index contributed by atoms with van der Waals surface area (Å²) >= 11 is 6.06. The van der Waals surface area contributed by atoms with Crippen LogP contribution in [0.15, 0.2) is 53.5 Å². The Morgan fingerprint density at radius 2 is 0.684 bits per heavy atom. The van der Waals surface area contributed by atoms with Gasteiger partial charge in [0.25, 0.3) is 0 Å². The maximum absolute atomic E-state index is 6.06. The van der Waals surface area contributed by atoms with Gasteiger partial charge in [-0.1, -0.05) is 181 Å². The zero-order valence-corrected chi connectivity index (χ0v) is 52.5. The summed E-state index contributed by atoms with van der Waals surface area (Å²) in [6.45, 7) is 13.7. The first-order chi connectivity index (χ1) is 37.5. The number of rotatable bonds is 52. The van der Waals surface area contributed by atoms with Gasteiger partial charge >= 0.3 is 305 Å². The number of aryl methyl sites for hydroxylation is 4. The molecule has 0 fully saturated rings. The van der Waals surface area contributed by atoms with Crippen molar-refractivity contribution in [3.05, 3.63) is 70.8 Å². The molecule has 76 heavy (non-hydrogen) atoms. The molecule has 0 spiro atoms. The molecule has 0 aliphatic heterocycles. The van der Waals surface area contributed by atoms with E-state index in [9.17, 15) is 0 Å². The molecule has 0 bridgehead atoms. The molecule has 2 aromatic carbocycles. The number of nitrogens with zero attached hydrogens (tertiary/aromatic N) is 2. The van der Waals surface area contributed by atoms with Crippen molar-refractivity contribution in [2.75, 3.05) is 0 Å². The molecule has 3 heteroatoms. The molecule has 0 heterocycles. The van der Waals surface area contributed by atoms with E-state index in [0.29, 0.717) is 0 Å². The third kappa shape index (κ3) is 38.2. The molecule has 0 atom stereocenters. The van der Waals surface area contributed by atoms with Gasteiger partial charge in [-0.05, 0) is 0 Å². The maximum atomic E-state index is 6.06. The summed E-state index contributed by atoms with van der Waals surface area (Å²) in [5.74, 6) is 7.38. The minimum atomic E-state index is 0.867. The first kappa shape index (κ1) is 69.7. The number of aliphatic imine (C=N–C) groups is 1. The van der Waals surface area contributed by atoms with Crippen LogP contribution in [-0.2, 0) is 41.4 Å². The summed E-state index contributed by atoms with van der Waals surface area (Å²) < 4.78 is 2.01. The summed E-state index contributed by atoms with van der Waals surface area (Å²) in [5.41, 5.74) is 9.39. The Morgan fingerprint density at radius 1 is 0.382 bits per heavy atom. The third-order valence-corrected chi connectivity index (χ3v) is 16.2. The van der Waals surface area contributed by atoms with E-state index in [4.69, 9.17) is 20.7 Å². The number of allylic oxidation sites excluding steroid dienone is 2. The molecule has 0 amide bonds. The molecule has 0 aliphatic carbocycles. The Labute approximate surface area is 483 Å². The van der Waals surface area contributed by atoms with Crippen LogP contribution in [0, 0.1) is 11.8 Å². The van der Waals surface area contributed by atoms with E-state index in [0.717, 1.165) is 93.4 Å². The Hall–Kier alpha value is -2.43. The van der Waals surface area contributed by atoms with E-state index in [-0.39, 0.29) is 0 Å². The second-order valence-corrected chi connectivity index (χ2v) is 23.9. The number of unbranched alkanes of at least 4 members (excludes halogenated alkanes) is 39. The van der Waals surface area contributed by atoms with Crippen LogP contribution in [0.5, 0.6) is 0 Å². The summed E-state index contributed by atoms with van der Waals surface area (Å²) in [4.78, 5) is 5.53. The van der Waals surface area contributed by atoms with Gasteiger partial charge in [-0.2, -0.15) is 0 Å². The van der Waals surface area contributed by atoms with Crippen molar-refractivity contribution >= 4 is 22.8 Å². The van der Waals surface area contributed by atoms with Crippen molar-refractivity contribution in [3.63, 3.8) is 0 Å². The van der Waals surface area contributed by atoms with Gasteiger partial charge in [-0.3, -0.25) is 0 Å². The fourth-order valence-electron chi connectivity index (χ4n) is 11.2. The molecular weight excluding hydrogens is 964 g/mol. The normalized spacial score (nSPS) is 12.2. The van der Waals surface area contributed by atoms with E-state index in [1.54, 1.807) is 0 Å². The van der Waals surface area contributed by atoms with Gasteiger partial charge in [-0.25, -0.2) is 0 Å². The molecule has 0 saturated heterocycles. The second-order valence-electron chi connectivity index (χ2n) is 23.4. The van der Waals surface area contributed by atoms with Crippen LogP contribution in [0.1, 0.15) is 353 Å². The van der Waals surface area contributed by atoms with Crippen LogP contribution >= 0.6 is 0 Å². The van der Waals surface area contributed by atoms with Crippen LogP contribution in [0.2, 0.25) is 0 Å². The van der Waals surface area contributed by atoms with Crippen molar-refractivity contribution in [1.29, 1.82) is 0 Å². The van der Waals surface area contributed by atoms with Crippen molar-refractivity contribution in [2.45, 2.75) is 356 Å². The van der Waals surface area contributed by atoms with Gasteiger partial charge in [0.05, 0.1) is 0 Å². The number of hydrogen-bond acceptors (Lipinski definition) is 1. The van der Waals surface area contributed by atoms with E-state index < -0.39 is 0 Å². The molecule has 0 unspecified atom stereocenters. The number of benzene rings is 2. The van der Waals surface area contributed by atoms with E-state index in [1.165, 1.54) is 266 Å². The Bertz CT molecular complexity index is 1760. The monoisotopic (exact) mass is 1090 g/mol. The summed E-state index contributed by atoms with van der Waals surface area (Å²) in [5, 5.41) is 0. The standard InChI is InChI=1S/C73H124N2.Ni/c1-7-13-15-17-19-21-23-25-27-29-31-33-34-35-37-39-41-43-45-47-49-51-53-59-73(75-71-64-68(56-11-5)61-69(65-71)57-12-6)72(74-70-62-66(54-9-3)60-67(63-70)55-10-4)58-52-50-48-46-44-42-40-38-36-32-30-28-26-24-22-20-18-16-14-8-2;/h52,58,60-65H,7-51,54-57H2,1-6H3;/q;+1. The molecule has 0 radical (unpaired) electrons. The summed E-state index contributed by atoms with van der Waals surface area (Å²) in [7, 11) is 0. The second kappa shape index (κ2) is 52.0. The molecular formula is C73H124N2Ni+. The third-order valence-electron chi connectivity index (χ3n) is 15.7. The zero-order valence-electron chi connectivity index (χ0n) is 51.5. The predicted molar refractivity (Wildman–Crippen MR) is 338 cm³/mol. The van der Waals surface area contributed by atoms with Gasteiger partial charge in [0, 0.05) is 0 Å². The topological polar surface area (TPSA) is 15.4 Å². The van der Waals surface area contributed by atoms with Crippen molar-refractivity contribution in [2.24, 2.45) is 4.99 Å².